The van der Waals surface area contributed by atoms with Gasteiger partial charge in [-0.25, -0.2) is 9.18 Å². The van der Waals surface area contributed by atoms with Gasteiger partial charge in [0, 0.05) is 23.7 Å². The van der Waals surface area contributed by atoms with Crippen molar-refractivity contribution in [2.45, 2.75) is 32.7 Å². The van der Waals surface area contributed by atoms with Crippen molar-refractivity contribution in [3.8, 4) is 0 Å². The Morgan fingerprint density at radius 2 is 2.12 bits per heavy atom. The van der Waals surface area contributed by atoms with E-state index in [1.807, 2.05) is 13.8 Å². The largest absolute Gasteiger partial charge is 0.481 e. The van der Waals surface area contributed by atoms with Crippen molar-refractivity contribution < 1.29 is 19.1 Å². The van der Waals surface area contributed by atoms with Crippen LogP contribution in [0.1, 0.15) is 38.3 Å². The summed E-state index contributed by atoms with van der Waals surface area (Å²) in [6.45, 7) is 4.45. The summed E-state index contributed by atoms with van der Waals surface area (Å²) in [5.41, 5.74) is 0.370. The van der Waals surface area contributed by atoms with Gasteiger partial charge in [-0.2, -0.15) is 0 Å². The Kier molecular flexibility index (Phi) is 6.04. The quantitative estimate of drug-likeness (QED) is 0.864. The maximum Gasteiger partial charge on any atom is 0.317 e. The first-order chi connectivity index (χ1) is 11.3. The molecule has 2 N–H and O–H groups in total. The molecule has 2 amide bonds. The predicted molar refractivity (Wildman–Crippen MR) is 89.5 cm³/mol. The molecular weight excluding hydrogens is 335 g/mol. The number of carbonyl (C=O) groups is 2. The summed E-state index contributed by atoms with van der Waals surface area (Å²) in [7, 11) is 0. The first-order valence-electron chi connectivity index (χ1n) is 8.02. The van der Waals surface area contributed by atoms with Crippen LogP contribution in [0.25, 0.3) is 0 Å². The third kappa shape index (κ3) is 4.38. The van der Waals surface area contributed by atoms with Gasteiger partial charge >= 0.3 is 12.0 Å². The third-order valence-electron chi connectivity index (χ3n) is 4.30. The van der Waals surface area contributed by atoms with Gasteiger partial charge in [0.05, 0.1) is 12.0 Å². The molecule has 1 aromatic carbocycles. The molecule has 1 aromatic rings. The molecule has 2 unspecified atom stereocenters. The van der Waals surface area contributed by atoms with Gasteiger partial charge < -0.3 is 15.3 Å². The molecule has 2 rings (SSSR count). The standard InChI is InChI=1S/C17H22ClFN2O3/c1-10(2)15(13-6-5-12(18)8-14(13)19)20-17(24)21-7-3-4-11(9-21)16(22)23/h5-6,8,10-11,15H,3-4,7,9H2,1-2H3,(H,20,24)(H,22,23). The molecule has 0 aliphatic carbocycles. The highest BCUT2D eigenvalue weighted by Crippen LogP contribution is 2.27. The number of benzene rings is 1. The van der Waals surface area contributed by atoms with Crippen LogP contribution in [0.2, 0.25) is 5.02 Å². The number of amides is 2. The maximum absolute atomic E-state index is 14.2. The Hall–Kier alpha value is -1.82. The lowest BCUT2D eigenvalue weighted by atomic mass is 9.95. The monoisotopic (exact) mass is 356 g/mol. The van der Waals surface area contributed by atoms with Crippen molar-refractivity contribution in [1.29, 1.82) is 0 Å². The van der Waals surface area contributed by atoms with Gasteiger partial charge in [0.1, 0.15) is 5.82 Å². The highest BCUT2D eigenvalue weighted by atomic mass is 35.5. The van der Waals surface area contributed by atoms with Crippen LogP contribution in [0.5, 0.6) is 0 Å². The summed E-state index contributed by atoms with van der Waals surface area (Å²) in [6, 6.07) is 3.50. The van der Waals surface area contributed by atoms with Gasteiger partial charge in [-0.1, -0.05) is 31.5 Å². The number of carboxylic acids is 1. The normalized spacial score (nSPS) is 19.2. The lowest BCUT2D eigenvalue weighted by Crippen LogP contribution is -2.48. The summed E-state index contributed by atoms with van der Waals surface area (Å²) in [4.78, 5) is 25.1. The lowest BCUT2D eigenvalue weighted by molar-refractivity contribution is -0.143. The van der Waals surface area contributed by atoms with Gasteiger partial charge in [0.2, 0.25) is 0 Å². The number of rotatable bonds is 4. The number of hydrogen-bond acceptors (Lipinski definition) is 2. The van der Waals surface area contributed by atoms with Crippen LogP contribution in [0.15, 0.2) is 18.2 Å². The molecule has 0 spiro atoms. The van der Waals surface area contributed by atoms with E-state index in [4.69, 9.17) is 16.7 Å². The zero-order chi connectivity index (χ0) is 17.9. The van der Waals surface area contributed by atoms with Gasteiger partial charge in [0.15, 0.2) is 0 Å². The molecule has 1 heterocycles. The molecule has 1 saturated heterocycles. The van der Waals surface area contributed by atoms with E-state index in [0.717, 1.165) is 0 Å². The molecule has 1 fully saturated rings. The second kappa shape index (κ2) is 7.83. The average molecular weight is 357 g/mol. The Balaban J connectivity index is 2.12. The van der Waals surface area contributed by atoms with Crippen molar-refractivity contribution in [3.05, 3.63) is 34.6 Å². The predicted octanol–water partition coefficient (Wildman–Crippen LogP) is 3.68. The number of nitrogens with zero attached hydrogens (tertiary/aromatic N) is 1. The van der Waals surface area contributed by atoms with E-state index < -0.39 is 23.7 Å². The second-order valence-corrected chi connectivity index (χ2v) is 6.90. The lowest BCUT2D eigenvalue weighted by Gasteiger charge is -2.33. The molecule has 0 bridgehead atoms. The Labute approximate surface area is 145 Å². The molecule has 132 valence electrons. The zero-order valence-electron chi connectivity index (χ0n) is 13.8. The number of piperidine rings is 1. The van der Waals surface area contributed by atoms with Crippen LogP contribution >= 0.6 is 11.6 Å². The molecule has 0 saturated carbocycles. The molecule has 2 atom stereocenters. The van der Waals surface area contributed by atoms with Crippen LogP contribution in [-0.2, 0) is 4.79 Å². The number of nitrogens with one attached hydrogen (secondary N) is 1. The number of aliphatic carboxylic acids is 1. The van der Waals surface area contributed by atoms with Crippen molar-refractivity contribution in [1.82, 2.24) is 10.2 Å². The van der Waals surface area contributed by atoms with Crippen LogP contribution in [0, 0.1) is 17.7 Å². The second-order valence-electron chi connectivity index (χ2n) is 6.46. The van der Waals surface area contributed by atoms with E-state index in [1.165, 1.54) is 11.0 Å². The minimum atomic E-state index is -0.892. The molecular formula is C17H22ClFN2O3. The molecule has 1 aliphatic heterocycles. The topological polar surface area (TPSA) is 69.6 Å². The summed E-state index contributed by atoms with van der Waals surface area (Å²) >= 11 is 5.78. The molecule has 7 heteroatoms. The first-order valence-corrected chi connectivity index (χ1v) is 8.40. The number of carboxylic acid groups (broad SMARTS) is 1. The van der Waals surface area contributed by atoms with Crippen molar-refractivity contribution in [2.24, 2.45) is 11.8 Å². The molecule has 5 nitrogen and oxygen atoms in total. The Morgan fingerprint density at radius 3 is 2.71 bits per heavy atom. The number of halogens is 2. The van der Waals surface area contributed by atoms with Crippen LogP contribution in [0.4, 0.5) is 9.18 Å². The van der Waals surface area contributed by atoms with Gasteiger partial charge in [-0.15, -0.1) is 0 Å². The van der Waals surface area contributed by atoms with Crippen molar-refractivity contribution in [3.63, 3.8) is 0 Å². The highest BCUT2D eigenvalue weighted by Gasteiger charge is 2.30. The van der Waals surface area contributed by atoms with E-state index in [2.05, 4.69) is 5.32 Å². The van der Waals surface area contributed by atoms with E-state index in [-0.39, 0.29) is 18.5 Å². The van der Waals surface area contributed by atoms with Crippen LogP contribution < -0.4 is 5.32 Å². The van der Waals surface area contributed by atoms with Gasteiger partial charge in [-0.05, 0) is 30.9 Å². The fraction of sp³-hybridized carbons (Fsp3) is 0.529. The summed E-state index contributed by atoms with van der Waals surface area (Å²) in [5, 5.41) is 12.3. The average Bonchev–Trinajstić information content (AvgIpc) is 2.53. The van der Waals surface area contributed by atoms with E-state index >= 15 is 0 Å². The van der Waals surface area contributed by atoms with Gasteiger partial charge in [0.25, 0.3) is 0 Å². The van der Waals surface area contributed by atoms with E-state index in [9.17, 15) is 14.0 Å². The molecule has 0 aromatic heterocycles. The number of urea groups is 1. The fourth-order valence-electron chi connectivity index (χ4n) is 2.94. The third-order valence-corrected chi connectivity index (χ3v) is 4.54. The molecule has 24 heavy (non-hydrogen) atoms. The number of carbonyl (C=O) groups excluding carboxylic acids is 1. The highest BCUT2D eigenvalue weighted by molar-refractivity contribution is 6.30. The minimum absolute atomic E-state index is 0.0373. The summed E-state index contributed by atoms with van der Waals surface area (Å²) < 4.78 is 14.2. The molecule has 0 radical (unpaired) electrons. The number of hydrogen-bond donors (Lipinski definition) is 2. The van der Waals surface area contributed by atoms with Crippen molar-refractivity contribution in [2.75, 3.05) is 13.1 Å². The Bertz CT molecular complexity index is 624. The molecule has 1 aliphatic rings. The van der Waals surface area contributed by atoms with Crippen LogP contribution in [-0.4, -0.2) is 35.1 Å². The first kappa shape index (κ1) is 18.5. The smallest absolute Gasteiger partial charge is 0.317 e. The van der Waals surface area contributed by atoms with Crippen LogP contribution in [0.3, 0.4) is 0 Å². The summed E-state index contributed by atoms with van der Waals surface area (Å²) in [6.07, 6.45) is 1.21. The zero-order valence-corrected chi connectivity index (χ0v) is 14.5. The van der Waals surface area contributed by atoms with E-state index in [1.54, 1.807) is 12.1 Å². The van der Waals surface area contributed by atoms with Gasteiger partial charge in [-0.3, -0.25) is 4.79 Å². The maximum atomic E-state index is 14.2. The SMILES string of the molecule is CC(C)C(NC(=O)N1CCCC(C(=O)O)C1)c1ccc(Cl)cc1F. The minimum Gasteiger partial charge on any atom is -0.481 e. The van der Waals surface area contributed by atoms with E-state index in [0.29, 0.717) is 30.0 Å². The van der Waals surface area contributed by atoms with Crippen molar-refractivity contribution >= 4 is 23.6 Å². The Morgan fingerprint density at radius 1 is 1.42 bits per heavy atom. The number of likely N-dealkylation sites (tertiary alicyclic amines) is 1. The summed E-state index contributed by atoms with van der Waals surface area (Å²) in [5.74, 6) is -1.95. The fourth-order valence-corrected chi connectivity index (χ4v) is 3.10.